The summed E-state index contributed by atoms with van der Waals surface area (Å²) in [6.07, 6.45) is 6.80. The number of sulfone groups is 1. The Kier molecular flexibility index (Phi) is 22.9. The molecule has 5 aromatic carbocycles. The first-order valence-electron chi connectivity index (χ1n) is 32.9. The van der Waals surface area contributed by atoms with Crippen LogP contribution in [0.1, 0.15) is 80.6 Å². The van der Waals surface area contributed by atoms with Crippen molar-refractivity contribution in [3.8, 4) is 0 Å². The number of hydrogen-bond donors (Lipinski definition) is 4. The van der Waals surface area contributed by atoms with Gasteiger partial charge in [0.1, 0.15) is 16.8 Å². The average molecular weight is 1390 g/mol. The van der Waals surface area contributed by atoms with E-state index < -0.39 is 64.7 Å². The monoisotopic (exact) mass is 1390 g/mol. The number of carbonyl (C=O) groups is 3. The smallest absolute Gasteiger partial charge is 0.380 e. The summed E-state index contributed by atoms with van der Waals surface area (Å²) >= 11 is 7.84. The van der Waals surface area contributed by atoms with Gasteiger partial charge in [-0.05, 0) is 159 Å². The fourth-order valence-corrected chi connectivity index (χ4v) is 17.1. The Hall–Kier alpha value is -6.29. The van der Waals surface area contributed by atoms with Crippen LogP contribution in [0.25, 0.3) is 5.57 Å². The van der Waals surface area contributed by atoms with Crippen LogP contribution in [0.2, 0.25) is 5.02 Å². The van der Waals surface area contributed by atoms with Gasteiger partial charge in [-0.3, -0.25) is 24.6 Å². The van der Waals surface area contributed by atoms with Crippen molar-refractivity contribution in [3.63, 3.8) is 0 Å². The number of amides is 3. The summed E-state index contributed by atoms with van der Waals surface area (Å²) in [5.41, 5.74) is -0.224. The molecular weight excluding hydrogens is 1300 g/mol. The van der Waals surface area contributed by atoms with Crippen molar-refractivity contribution in [1.82, 2.24) is 29.6 Å². The minimum atomic E-state index is -6.10. The zero-order valence-electron chi connectivity index (χ0n) is 53.6. The molecule has 512 valence electrons. The molecule has 5 aromatic rings. The molecule has 0 aromatic heterocycles. The quantitative estimate of drug-likeness (QED) is 0.0274. The van der Waals surface area contributed by atoms with Gasteiger partial charge in [0.25, 0.3) is 25.8 Å². The molecule has 26 heteroatoms. The molecule has 5 heterocycles. The number of allylic oxidation sites excluding steroid dienone is 1. The van der Waals surface area contributed by atoms with Crippen LogP contribution in [0.3, 0.4) is 0 Å². The molecule has 0 radical (unpaired) electrons. The number of carbonyl (C=O) groups excluding carboxylic acids is 3. The highest BCUT2D eigenvalue weighted by atomic mass is 35.5. The van der Waals surface area contributed by atoms with Crippen LogP contribution in [0.15, 0.2) is 136 Å². The number of halogens is 5. The molecule has 4 N–H and O–H groups in total. The minimum Gasteiger partial charge on any atom is -0.380 e. The molecule has 1 aliphatic carbocycles. The lowest BCUT2D eigenvalue weighted by Gasteiger charge is -2.45. The van der Waals surface area contributed by atoms with E-state index in [0.29, 0.717) is 86.4 Å². The van der Waals surface area contributed by atoms with Crippen LogP contribution in [-0.4, -0.2) is 195 Å². The number of imide groups is 1. The summed E-state index contributed by atoms with van der Waals surface area (Å²) in [6.45, 7) is 16.9. The SMILES string of the molecule is C[C@@]1(CN2CCN(CC3CCN(c4ccc(NC5CCC(=O)NC5=O)cc4F)CC3)CC2)CCC(c2ccc(Cl)cc2)=C(CN2CCN(c3ccc(C(=O)NS(=O)(=O)c4ccc(N[C@H](CCN5CCCOCC5)CSc5ccccc5)c(S(=O)(=O)C(F)(F)F)c4)cc3)CC2)C1. The van der Waals surface area contributed by atoms with Gasteiger partial charge in [0.2, 0.25) is 11.8 Å². The van der Waals surface area contributed by atoms with E-state index in [9.17, 15) is 44.4 Å². The summed E-state index contributed by atoms with van der Waals surface area (Å²) in [5.74, 6) is -1.17. The Bertz CT molecular complexity index is 3750. The first-order valence-corrected chi connectivity index (χ1v) is 37.3. The molecule has 11 rings (SSSR count). The maximum atomic E-state index is 15.5. The topological polar surface area (TPSA) is 196 Å². The van der Waals surface area contributed by atoms with Crippen LogP contribution < -0.4 is 30.5 Å². The Morgan fingerprint density at radius 3 is 2.19 bits per heavy atom. The molecule has 0 saturated carbocycles. The first-order chi connectivity index (χ1) is 45.5. The number of hydrogen-bond acceptors (Lipinski definition) is 17. The Morgan fingerprint density at radius 2 is 1.48 bits per heavy atom. The van der Waals surface area contributed by atoms with Crippen molar-refractivity contribution in [2.24, 2.45) is 11.3 Å². The van der Waals surface area contributed by atoms with Gasteiger partial charge in [-0.1, -0.05) is 54.4 Å². The van der Waals surface area contributed by atoms with E-state index in [1.165, 1.54) is 46.7 Å². The van der Waals surface area contributed by atoms with Crippen molar-refractivity contribution < 1.29 is 53.5 Å². The Labute approximate surface area is 564 Å². The van der Waals surface area contributed by atoms with E-state index in [1.807, 2.05) is 47.2 Å². The lowest BCUT2D eigenvalue weighted by Crippen LogP contribution is -2.51. The van der Waals surface area contributed by atoms with Gasteiger partial charge in [-0.2, -0.15) is 13.2 Å². The summed E-state index contributed by atoms with van der Waals surface area (Å²) in [4.78, 5) is 50.5. The first kappa shape index (κ1) is 70.0. The molecule has 95 heavy (non-hydrogen) atoms. The van der Waals surface area contributed by atoms with Gasteiger partial charge >= 0.3 is 5.51 Å². The minimum absolute atomic E-state index is 0.0202. The molecule has 18 nitrogen and oxygen atoms in total. The summed E-state index contributed by atoms with van der Waals surface area (Å²) in [7, 11) is -11.0. The number of rotatable bonds is 23. The molecule has 3 amide bonds. The molecule has 5 aliphatic heterocycles. The highest BCUT2D eigenvalue weighted by Crippen LogP contribution is 2.45. The number of sulfonamides is 1. The number of piperazine rings is 2. The number of benzene rings is 5. The van der Waals surface area contributed by atoms with Crippen LogP contribution in [0.5, 0.6) is 0 Å². The standard InChI is InChI=1S/C69H85ClF4N10O8S3/c1-68(48-82-33-31-80(32-34-82)45-49-23-29-84(30-24-49)63-20-14-54(42-60(63)71)75-62-19-21-65(85)77-67(62)87)26-22-59(50-8-12-53(70)13-9-50)52(44-68)46-81-35-37-83(38-36-81)56-15-10-51(11-16-56)66(86)78-95(90,91)58-17-18-61(64(43-58)94(88,89)69(72,73)74)76-55(47-93-57-6-3-2-4-7-57)25-28-79-27-5-40-92-41-39-79/h2-4,6-18,20,42-43,49,55,62,75-76H,5,19,21-41,44-48H2,1H3,(H,78,86)(H,77,85,87)/t55-,62?,68-/m1/s1. The second-order valence-electron chi connectivity index (χ2n) is 26.3. The lowest BCUT2D eigenvalue weighted by atomic mass is 9.71. The van der Waals surface area contributed by atoms with Gasteiger partial charge in [-0.25, -0.2) is 25.9 Å². The second-order valence-corrected chi connectivity index (χ2v) is 31.4. The highest BCUT2D eigenvalue weighted by molar-refractivity contribution is 7.99. The summed E-state index contributed by atoms with van der Waals surface area (Å²) in [6, 6.07) is 30.3. The van der Waals surface area contributed by atoms with Gasteiger partial charge < -0.3 is 39.9 Å². The maximum Gasteiger partial charge on any atom is 0.501 e. The van der Waals surface area contributed by atoms with Gasteiger partial charge in [-0.15, -0.1) is 11.8 Å². The van der Waals surface area contributed by atoms with Gasteiger partial charge in [0.15, 0.2) is 0 Å². The zero-order chi connectivity index (χ0) is 66.9. The lowest BCUT2D eigenvalue weighted by molar-refractivity contribution is -0.133. The average Bonchev–Trinajstić information content (AvgIpc) is 0.817. The van der Waals surface area contributed by atoms with E-state index >= 15 is 4.39 Å². The zero-order valence-corrected chi connectivity index (χ0v) is 56.8. The van der Waals surface area contributed by atoms with Crippen LogP contribution in [0, 0.1) is 17.2 Å². The number of nitrogens with one attached hydrogen (secondary N) is 4. The molecule has 3 atom stereocenters. The molecular formula is C69H85ClF4N10O8S3. The van der Waals surface area contributed by atoms with Crippen molar-refractivity contribution in [1.29, 1.82) is 0 Å². The largest absolute Gasteiger partial charge is 0.501 e. The van der Waals surface area contributed by atoms with Crippen molar-refractivity contribution in [2.45, 2.75) is 97.0 Å². The van der Waals surface area contributed by atoms with Crippen LogP contribution in [0.4, 0.5) is 40.3 Å². The predicted octanol–water partition coefficient (Wildman–Crippen LogP) is 10.1. The van der Waals surface area contributed by atoms with Gasteiger partial charge in [0, 0.05) is 156 Å². The molecule has 1 unspecified atom stereocenters. The van der Waals surface area contributed by atoms with E-state index in [-0.39, 0.29) is 29.1 Å². The van der Waals surface area contributed by atoms with Crippen LogP contribution in [-0.2, 0) is 34.2 Å². The molecule has 5 saturated heterocycles. The highest BCUT2D eigenvalue weighted by Gasteiger charge is 2.49. The predicted molar refractivity (Wildman–Crippen MR) is 365 cm³/mol. The summed E-state index contributed by atoms with van der Waals surface area (Å²) < 4.78 is 120. The number of piperidine rings is 2. The Morgan fingerprint density at radius 1 is 0.768 bits per heavy atom. The number of alkyl halides is 3. The van der Waals surface area contributed by atoms with Crippen molar-refractivity contribution in [3.05, 3.63) is 143 Å². The second kappa shape index (κ2) is 31.1. The number of thioether (sulfide) groups is 1. The Balaban J connectivity index is 0.668. The molecule has 0 bridgehead atoms. The number of anilines is 4. The molecule has 6 aliphatic rings. The fraction of sp³-hybridized carbons (Fsp3) is 0.493. The fourth-order valence-electron chi connectivity index (χ4n) is 14.0. The van der Waals surface area contributed by atoms with Crippen LogP contribution >= 0.6 is 23.4 Å². The summed E-state index contributed by atoms with van der Waals surface area (Å²) in [5, 5.41) is 9.13. The third-order valence-electron chi connectivity index (χ3n) is 19.3. The normalized spacial score (nSPS) is 21.7. The molecule has 5 fully saturated rings. The van der Waals surface area contributed by atoms with Crippen molar-refractivity contribution in [2.75, 3.05) is 144 Å². The maximum absolute atomic E-state index is 15.5. The number of ether oxygens (including phenoxy) is 1. The van der Waals surface area contributed by atoms with Gasteiger partial charge in [0.05, 0.1) is 22.9 Å². The third-order valence-corrected chi connectivity index (χ3v) is 23.6. The van der Waals surface area contributed by atoms with E-state index in [4.69, 9.17) is 16.3 Å². The number of nitrogens with zero attached hydrogens (tertiary/aromatic N) is 6. The van der Waals surface area contributed by atoms with E-state index in [1.54, 1.807) is 24.3 Å². The van der Waals surface area contributed by atoms with E-state index in [2.05, 4.69) is 64.4 Å². The van der Waals surface area contributed by atoms with Crippen molar-refractivity contribution >= 4 is 89.3 Å². The van der Waals surface area contributed by atoms with E-state index in [0.717, 1.165) is 140 Å². The third kappa shape index (κ3) is 18.3. The molecule has 0 spiro atoms.